The molecule has 2 aromatic rings. The van der Waals surface area contributed by atoms with E-state index in [0.29, 0.717) is 12.8 Å². The Morgan fingerprint density at radius 1 is 1.26 bits per heavy atom. The molecule has 3 rings (SSSR count). The maximum Gasteiger partial charge on any atom is 0.201 e. The highest BCUT2D eigenvalue weighted by molar-refractivity contribution is 5.56. The van der Waals surface area contributed by atoms with Gasteiger partial charge in [-0.25, -0.2) is 13.7 Å². The third kappa shape index (κ3) is 3.69. The highest BCUT2D eigenvalue weighted by atomic mass is 19.2. The van der Waals surface area contributed by atoms with E-state index in [9.17, 15) is 18.0 Å². The second kappa shape index (κ2) is 8.08. The molecule has 2 N–H and O–H groups in total. The van der Waals surface area contributed by atoms with Crippen molar-refractivity contribution in [2.24, 2.45) is 5.73 Å². The zero-order valence-electron chi connectivity index (χ0n) is 14.6. The van der Waals surface area contributed by atoms with Crippen LogP contribution in [0.4, 0.5) is 13.2 Å². The maximum atomic E-state index is 15.0. The summed E-state index contributed by atoms with van der Waals surface area (Å²) in [7, 11) is 1.18. The van der Waals surface area contributed by atoms with Crippen molar-refractivity contribution in [3.63, 3.8) is 0 Å². The van der Waals surface area contributed by atoms with Crippen molar-refractivity contribution in [1.29, 1.82) is 0 Å². The molecule has 0 aromatic heterocycles. The minimum Gasteiger partial charge on any atom is -0.494 e. The normalized spacial score (nSPS) is 21.2. The quantitative estimate of drug-likeness (QED) is 0.617. The first kappa shape index (κ1) is 19.3. The van der Waals surface area contributed by atoms with Gasteiger partial charge in [0.05, 0.1) is 13.2 Å². The number of ether oxygens (including phenoxy) is 2. The van der Waals surface area contributed by atoms with Crippen molar-refractivity contribution < 1.29 is 27.4 Å². The molecule has 5 nitrogen and oxygen atoms in total. The SMILES string of the molecule is COc1ccc(C(F)N2CC(c3ccc(CN)cc3)OC2C=O)c(F)c1F. The monoisotopic (exact) mass is 380 g/mol. The van der Waals surface area contributed by atoms with E-state index in [4.69, 9.17) is 10.5 Å². The average molecular weight is 380 g/mol. The molecule has 0 spiro atoms. The molecular weight excluding hydrogens is 361 g/mol. The van der Waals surface area contributed by atoms with Crippen LogP contribution in [0.1, 0.15) is 29.1 Å². The number of hydrogen-bond donors (Lipinski definition) is 1. The van der Waals surface area contributed by atoms with Gasteiger partial charge in [-0.05, 0) is 23.3 Å². The van der Waals surface area contributed by atoms with Crippen LogP contribution in [0.3, 0.4) is 0 Å². The topological polar surface area (TPSA) is 64.8 Å². The van der Waals surface area contributed by atoms with Crippen LogP contribution in [0.5, 0.6) is 5.75 Å². The summed E-state index contributed by atoms with van der Waals surface area (Å²) in [5.41, 5.74) is 6.68. The number of benzene rings is 2. The molecule has 1 aliphatic heterocycles. The molecule has 2 aromatic carbocycles. The van der Waals surface area contributed by atoms with Crippen molar-refractivity contribution in [3.8, 4) is 5.75 Å². The molecular formula is C19H19F3N2O3. The molecule has 1 aliphatic rings. The fourth-order valence-corrected chi connectivity index (χ4v) is 3.04. The molecule has 1 fully saturated rings. The van der Waals surface area contributed by atoms with Gasteiger partial charge in [0, 0.05) is 18.7 Å². The lowest BCUT2D eigenvalue weighted by molar-refractivity contribution is -0.128. The van der Waals surface area contributed by atoms with E-state index < -0.39 is 35.8 Å². The van der Waals surface area contributed by atoms with Crippen LogP contribution >= 0.6 is 0 Å². The summed E-state index contributed by atoms with van der Waals surface area (Å²) in [6, 6.07) is 9.40. The van der Waals surface area contributed by atoms with Crippen LogP contribution in [0.15, 0.2) is 36.4 Å². The molecule has 8 heteroatoms. The number of nitrogens with zero attached hydrogens (tertiary/aromatic N) is 1. The van der Waals surface area contributed by atoms with Crippen molar-refractivity contribution in [2.45, 2.75) is 25.2 Å². The molecule has 3 atom stereocenters. The number of carbonyl (C=O) groups is 1. The molecule has 0 amide bonds. The van der Waals surface area contributed by atoms with Crippen molar-refractivity contribution in [1.82, 2.24) is 4.90 Å². The Morgan fingerprint density at radius 3 is 2.56 bits per heavy atom. The molecule has 27 heavy (non-hydrogen) atoms. The van der Waals surface area contributed by atoms with E-state index in [1.165, 1.54) is 7.11 Å². The molecule has 0 radical (unpaired) electrons. The van der Waals surface area contributed by atoms with E-state index in [1.807, 2.05) is 12.1 Å². The van der Waals surface area contributed by atoms with E-state index in [0.717, 1.165) is 28.2 Å². The Labute approximate surface area is 154 Å². The number of alkyl halides is 1. The number of hydrogen-bond acceptors (Lipinski definition) is 5. The predicted octanol–water partition coefficient (Wildman–Crippen LogP) is 3.00. The smallest absolute Gasteiger partial charge is 0.201 e. The zero-order valence-corrected chi connectivity index (χ0v) is 14.6. The number of rotatable bonds is 6. The van der Waals surface area contributed by atoms with Crippen LogP contribution < -0.4 is 10.5 Å². The van der Waals surface area contributed by atoms with Gasteiger partial charge in [-0.15, -0.1) is 0 Å². The lowest BCUT2D eigenvalue weighted by Crippen LogP contribution is -2.33. The lowest BCUT2D eigenvalue weighted by Gasteiger charge is -2.23. The van der Waals surface area contributed by atoms with E-state index in [2.05, 4.69) is 4.74 Å². The van der Waals surface area contributed by atoms with Crippen LogP contribution in [-0.2, 0) is 16.1 Å². The fourth-order valence-electron chi connectivity index (χ4n) is 3.04. The van der Waals surface area contributed by atoms with E-state index >= 15 is 0 Å². The van der Waals surface area contributed by atoms with Gasteiger partial charge >= 0.3 is 0 Å². The van der Waals surface area contributed by atoms with E-state index in [-0.39, 0.29) is 12.3 Å². The average Bonchev–Trinajstić information content (AvgIpc) is 3.14. The highest BCUT2D eigenvalue weighted by Gasteiger charge is 2.40. The first-order chi connectivity index (χ1) is 13.0. The zero-order chi connectivity index (χ0) is 19.6. The van der Waals surface area contributed by atoms with E-state index in [1.54, 1.807) is 12.1 Å². The number of nitrogens with two attached hydrogens (primary N) is 1. The summed E-state index contributed by atoms with van der Waals surface area (Å²) < 4.78 is 53.4. The first-order valence-corrected chi connectivity index (χ1v) is 8.31. The maximum absolute atomic E-state index is 15.0. The Morgan fingerprint density at radius 2 is 1.96 bits per heavy atom. The van der Waals surface area contributed by atoms with Crippen LogP contribution in [0, 0.1) is 11.6 Å². The standard InChI is InChI=1S/C19H19F3N2O3/c1-26-14-7-6-13(17(20)18(14)21)19(22)24-9-15(27-16(24)10-25)12-4-2-11(8-23)3-5-12/h2-7,10,15-16,19H,8-9,23H2,1H3. The van der Waals surface area contributed by atoms with Gasteiger partial charge in [0.15, 0.2) is 30.4 Å². The van der Waals surface area contributed by atoms with Crippen LogP contribution in [0.2, 0.25) is 0 Å². The van der Waals surface area contributed by atoms with Crippen molar-refractivity contribution in [3.05, 3.63) is 64.7 Å². The Balaban J connectivity index is 1.84. The number of methoxy groups -OCH3 is 1. The summed E-state index contributed by atoms with van der Waals surface area (Å²) in [5.74, 6) is -2.97. The number of aldehydes is 1. The van der Waals surface area contributed by atoms with Gasteiger partial charge in [0.25, 0.3) is 0 Å². The van der Waals surface area contributed by atoms with Crippen LogP contribution in [-0.4, -0.2) is 31.1 Å². The van der Waals surface area contributed by atoms with Gasteiger partial charge in [-0.3, -0.25) is 4.79 Å². The van der Waals surface area contributed by atoms with Crippen molar-refractivity contribution >= 4 is 6.29 Å². The molecule has 0 aliphatic carbocycles. The number of halogens is 3. The van der Waals surface area contributed by atoms with Gasteiger partial charge in [0.2, 0.25) is 5.82 Å². The Hall–Kier alpha value is -2.42. The lowest BCUT2D eigenvalue weighted by atomic mass is 10.1. The van der Waals surface area contributed by atoms with Gasteiger partial charge < -0.3 is 15.2 Å². The Bertz CT molecular complexity index is 817. The van der Waals surface area contributed by atoms with Gasteiger partial charge in [-0.2, -0.15) is 4.39 Å². The second-order valence-corrected chi connectivity index (χ2v) is 6.11. The summed E-state index contributed by atoms with van der Waals surface area (Å²) in [4.78, 5) is 12.4. The third-order valence-corrected chi connectivity index (χ3v) is 4.56. The minimum atomic E-state index is -2.06. The molecule has 3 unspecified atom stereocenters. The molecule has 1 saturated heterocycles. The summed E-state index contributed by atoms with van der Waals surface area (Å²) in [5, 5.41) is 0. The first-order valence-electron chi connectivity index (χ1n) is 8.31. The Kier molecular flexibility index (Phi) is 5.79. The summed E-state index contributed by atoms with van der Waals surface area (Å²) in [6.45, 7) is 0.378. The van der Waals surface area contributed by atoms with Crippen LogP contribution in [0.25, 0.3) is 0 Å². The summed E-state index contributed by atoms with van der Waals surface area (Å²) >= 11 is 0. The third-order valence-electron chi connectivity index (χ3n) is 4.56. The minimum absolute atomic E-state index is 0.000364. The second-order valence-electron chi connectivity index (χ2n) is 6.11. The fraction of sp³-hybridized carbons (Fsp3) is 0.316. The molecule has 144 valence electrons. The predicted molar refractivity (Wildman–Crippen MR) is 91.5 cm³/mol. The number of carbonyl (C=O) groups excluding carboxylic acids is 1. The van der Waals surface area contributed by atoms with Gasteiger partial charge in [-0.1, -0.05) is 24.3 Å². The largest absolute Gasteiger partial charge is 0.494 e. The molecule has 0 bridgehead atoms. The summed E-state index contributed by atoms with van der Waals surface area (Å²) in [6.07, 6.45) is -3.44. The van der Waals surface area contributed by atoms with Crippen molar-refractivity contribution in [2.75, 3.05) is 13.7 Å². The molecule has 0 saturated carbocycles. The van der Waals surface area contributed by atoms with Gasteiger partial charge in [0.1, 0.15) is 0 Å². The highest BCUT2D eigenvalue weighted by Crippen LogP contribution is 2.37. The molecule has 1 heterocycles.